The first kappa shape index (κ1) is 15.7. The fourth-order valence-corrected chi connectivity index (χ4v) is 0.945. The highest BCUT2D eigenvalue weighted by molar-refractivity contribution is 5.84. The molecule has 17 heavy (non-hydrogen) atoms. The van der Waals surface area contributed by atoms with Crippen molar-refractivity contribution in [3.05, 3.63) is 0 Å². The van der Waals surface area contributed by atoms with E-state index in [1.165, 1.54) is 0 Å². The average molecular weight is 253 g/mol. The number of aliphatic carboxylic acids is 1. The van der Waals surface area contributed by atoms with Gasteiger partial charge in [-0.1, -0.05) is 0 Å². The third-order valence-corrected chi connectivity index (χ3v) is 1.94. The number of carbonyl (C=O) groups excluding carboxylic acids is 1. The Morgan fingerprint density at radius 1 is 1.06 bits per heavy atom. The van der Waals surface area contributed by atoms with Gasteiger partial charge in [-0.25, -0.2) is 0 Å². The van der Waals surface area contributed by atoms with Gasteiger partial charge in [0.1, 0.15) is 24.9 Å². The Morgan fingerprint density at radius 2 is 1.59 bits per heavy atom. The first-order valence-corrected chi connectivity index (χ1v) is 4.63. The Hall–Kier alpha value is -1.26. The van der Waals surface area contributed by atoms with Crippen LogP contribution in [0.2, 0.25) is 0 Å². The molecule has 0 aromatic carbocycles. The minimum absolute atomic E-state index is 0.763. The molecule has 0 spiro atoms. The summed E-state index contributed by atoms with van der Waals surface area (Å²) >= 11 is 0. The molecule has 0 saturated carbocycles. The zero-order valence-electron chi connectivity index (χ0n) is 8.72. The number of carbonyl (C=O) groups is 2. The van der Waals surface area contributed by atoms with Gasteiger partial charge in [0.05, 0.1) is 6.61 Å². The van der Waals surface area contributed by atoms with Crippen LogP contribution in [0.5, 0.6) is 0 Å². The predicted octanol–water partition coefficient (Wildman–Crippen LogP) is -4.38. The van der Waals surface area contributed by atoms with E-state index in [2.05, 4.69) is 0 Å². The van der Waals surface area contributed by atoms with Gasteiger partial charge in [0.2, 0.25) is 0 Å². The highest BCUT2D eigenvalue weighted by Gasteiger charge is 2.34. The lowest BCUT2D eigenvalue weighted by molar-refractivity contribution is -0.150. The van der Waals surface area contributed by atoms with Crippen molar-refractivity contribution in [2.24, 2.45) is 0 Å². The number of hydrogen-bond donors (Lipinski definition) is 7. The normalized spacial score (nSPS) is 17.9. The number of nitrogens with one attached hydrogen (secondary N) is 1. The Kier molecular flexibility index (Phi) is 6.61. The van der Waals surface area contributed by atoms with Crippen LogP contribution >= 0.6 is 0 Å². The van der Waals surface area contributed by atoms with Crippen LogP contribution in [0, 0.1) is 0 Å². The molecule has 100 valence electrons. The molecule has 1 amide bonds. The molecule has 0 aliphatic carbocycles. The summed E-state index contributed by atoms with van der Waals surface area (Å²) in [4.78, 5) is 21.2. The van der Waals surface area contributed by atoms with E-state index in [1.807, 2.05) is 0 Å². The zero-order chi connectivity index (χ0) is 13.6. The summed E-state index contributed by atoms with van der Waals surface area (Å²) in [6.07, 6.45) is -7.84. The fourth-order valence-electron chi connectivity index (χ4n) is 0.945. The molecule has 9 heteroatoms. The summed E-state index contributed by atoms with van der Waals surface area (Å²) < 4.78 is 0. The molecule has 0 aromatic heterocycles. The van der Waals surface area contributed by atoms with E-state index in [-0.39, 0.29) is 0 Å². The van der Waals surface area contributed by atoms with Crippen LogP contribution in [0.4, 0.5) is 0 Å². The minimum Gasteiger partial charge on any atom is -0.480 e. The molecule has 0 saturated heterocycles. The molecule has 0 fully saturated rings. The van der Waals surface area contributed by atoms with E-state index < -0.39 is 49.4 Å². The van der Waals surface area contributed by atoms with Gasteiger partial charge in [-0.3, -0.25) is 9.59 Å². The summed E-state index contributed by atoms with van der Waals surface area (Å²) in [6, 6.07) is 0. The maximum Gasteiger partial charge on any atom is 0.322 e. The summed E-state index contributed by atoms with van der Waals surface area (Å²) in [7, 11) is 0. The maximum atomic E-state index is 11.1. The second-order valence-electron chi connectivity index (χ2n) is 3.29. The SMILES string of the molecule is O=C(O)CNC(=O)[C@H](O)[C@H](O)[C@H](O)[C@@H](O)CO. The van der Waals surface area contributed by atoms with Crippen molar-refractivity contribution in [2.45, 2.75) is 24.4 Å². The smallest absolute Gasteiger partial charge is 0.322 e. The van der Waals surface area contributed by atoms with Gasteiger partial charge >= 0.3 is 5.97 Å². The highest BCUT2D eigenvalue weighted by Crippen LogP contribution is 2.05. The predicted molar refractivity (Wildman–Crippen MR) is 51.8 cm³/mol. The van der Waals surface area contributed by atoms with Crippen molar-refractivity contribution in [3.63, 3.8) is 0 Å². The molecule has 4 atom stereocenters. The molecule has 0 rings (SSSR count). The maximum absolute atomic E-state index is 11.1. The summed E-state index contributed by atoms with van der Waals surface area (Å²) in [5, 5.41) is 55.0. The van der Waals surface area contributed by atoms with E-state index in [0.717, 1.165) is 0 Å². The molecule has 0 unspecified atom stereocenters. The van der Waals surface area contributed by atoms with Crippen LogP contribution in [0.1, 0.15) is 0 Å². The van der Waals surface area contributed by atoms with E-state index >= 15 is 0 Å². The van der Waals surface area contributed by atoms with E-state index in [1.54, 1.807) is 5.32 Å². The van der Waals surface area contributed by atoms with Gasteiger partial charge in [-0.2, -0.15) is 0 Å². The fraction of sp³-hybridized carbons (Fsp3) is 0.750. The van der Waals surface area contributed by atoms with E-state index in [9.17, 15) is 19.8 Å². The van der Waals surface area contributed by atoms with Crippen LogP contribution in [-0.4, -0.2) is 80.1 Å². The number of rotatable bonds is 7. The number of carboxylic acid groups (broad SMARTS) is 1. The van der Waals surface area contributed by atoms with Crippen molar-refractivity contribution < 1.29 is 40.2 Å². The second-order valence-corrected chi connectivity index (χ2v) is 3.29. The Morgan fingerprint density at radius 3 is 2.00 bits per heavy atom. The molecule has 0 heterocycles. The third-order valence-electron chi connectivity index (χ3n) is 1.94. The van der Waals surface area contributed by atoms with Crippen LogP contribution in [0.3, 0.4) is 0 Å². The van der Waals surface area contributed by atoms with Crippen molar-refractivity contribution in [3.8, 4) is 0 Å². The molecule has 0 bridgehead atoms. The van der Waals surface area contributed by atoms with Crippen LogP contribution in [0.15, 0.2) is 0 Å². The van der Waals surface area contributed by atoms with Crippen molar-refractivity contribution in [1.82, 2.24) is 5.32 Å². The van der Waals surface area contributed by atoms with Crippen molar-refractivity contribution >= 4 is 11.9 Å². The quantitative estimate of drug-likeness (QED) is 0.239. The molecular formula is C8H15NO8. The van der Waals surface area contributed by atoms with Crippen LogP contribution in [0.25, 0.3) is 0 Å². The molecule has 0 aromatic rings. The lowest BCUT2D eigenvalue weighted by atomic mass is 10.0. The van der Waals surface area contributed by atoms with Gasteiger partial charge < -0.3 is 36.0 Å². The number of aliphatic hydroxyl groups excluding tert-OH is 5. The first-order chi connectivity index (χ1) is 7.81. The van der Waals surface area contributed by atoms with Gasteiger partial charge in [0, 0.05) is 0 Å². The lowest BCUT2D eigenvalue weighted by Gasteiger charge is -2.24. The number of hydrogen-bond acceptors (Lipinski definition) is 7. The second kappa shape index (κ2) is 7.14. The number of amides is 1. The standard InChI is InChI=1S/C8H15NO8/c10-2-3(11)5(14)6(15)7(16)8(17)9-1-4(12)13/h3,5-7,10-11,14-16H,1-2H2,(H,9,17)(H,12,13)/t3-,5+,6+,7+/m0/s1. The summed E-state index contributed by atoms with van der Waals surface area (Å²) in [5.74, 6) is -2.57. The molecular weight excluding hydrogens is 238 g/mol. The topological polar surface area (TPSA) is 168 Å². The number of carboxylic acids is 1. The monoisotopic (exact) mass is 253 g/mol. The Balaban J connectivity index is 4.32. The highest BCUT2D eigenvalue weighted by atomic mass is 16.4. The van der Waals surface area contributed by atoms with Crippen molar-refractivity contribution in [1.29, 1.82) is 0 Å². The largest absolute Gasteiger partial charge is 0.480 e. The molecule has 0 aliphatic heterocycles. The van der Waals surface area contributed by atoms with Crippen LogP contribution < -0.4 is 5.32 Å². The van der Waals surface area contributed by atoms with Gasteiger partial charge in [-0.05, 0) is 0 Å². The van der Waals surface area contributed by atoms with Gasteiger partial charge in [0.15, 0.2) is 6.10 Å². The van der Waals surface area contributed by atoms with Crippen LogP contribution in [-0.2, 0) is 9.59 Å². The minimum atomic E-state index is -2.12. The Bertz CT molecular complexity index is 270. The van der Waals surface area contributed by atoms with E-state index in [4.69, 9.17) is 20.4 Å². The average Bonchev–Trinajstić information content (AvgIpc) is 2.31. The Labute approximate surface area is 95.9 Å². The zero-order valence-corrected chi connectivity index (χ0v) is 8.72. The van der Waals surface area contributed by atoms with Gasteiger partial charge in [0.25, 0.3) is 5.91 Å². The molecule has 7 N–H and O–H groups in total. The summed E-state index contributed by atoms with van der Waals surface area (Å²) in [5.41, 5.74) is 0. The van der Waals surface area contributed by atoms with Crippen molar-refractivity contribution in [2.75, 3.05) is 13.2 Å². The molecule has 0 radical (unpaired) electrons. The number of aliphatic hydroxyl groups is 5. The van der Waals surface area contributed by atoms with E-state index in [0.29, 0.717) is 0 Å². The third kappa shape index (κ3) is 5.06. The molecule has 0 aliphatic rings. The van der Waals surface area contributed by atoms with Gasteiger partial charge in [-0.15, -0.1) is 0 Å². The summed E-state index contributed by atoms with van der Waals surface area (Å²) in [6.45, 7) is -1.64. The first-order valence-electron chi connectivity index (χ1n) is 4.63. The lowest BCUT2D eigenvalue weighted by Crippen LogP contribution is -2.52. The molecule has 9 nitrogen and oxygen atoms in total.